The summed E-state index contributed by atoms with van der Waals surface area (Å²) in [5, 5.41) is 9.43. The van der Waals surface area contributed by atoms with E-state index in [4.69, 9.17) is 27.2 Å². The first kappa shape index (κ1) is 13.1. The highest BCUT2D eigenvalue weighted by molar-refractivity contribution is 6.32. The number of anilines is 1. The van der Waals surface area contributed by atoms with E-state index in [2.05, 4.69) is 0 Å². The van der Waals surface area contributed by atoms with Crippen LogP contribution in [0.25, 0.3) is 0 Å². The van der Waals surface area contributed by atoms with Gasteiger partial charge in [0.25, 0.3) is 0 Å². The van der Waals surface area contributed by atoms with Gasteiger partial charge in [-0.15, -0.1) is 0 Å². The molecule has 0 heterocycles. The topological polar surface area (TPSA) is 58.7 Å². The summed E-state index contributed by atoms with van der Waals surface area (Å²) >= 11 is 6.01. The van der Waals surface area contributed by atoms with Gasteiger partial charge in [-0.05, 0) is 18.2 Å². The Hall–Kier alpha value is -0.970. The molecule has 16 heavy (non-hydrogen) atoms. The summed E-state index contributed by atoms with van der Waals surface area (Å²) in [6, 6.07) is 5.25. The van der Waals surface area contributed by atoms with Crippen LogP contribution in [0.5, 0.6) is 5.75 Å². The van der Waals surface area contributed by atoms with Crippen molar-refractivity contribution in [2.75, 3.05) is 32.2 Å². The molecule has 1 aromatic carbocycles. The Balaban J connectivity index is 2.76. The molecule has 0 amide bonds. The number of ether oxygens (including phenoxy) is 1. The second-order valence-corrected chi connectivity index (χ2v) is 4.05. The summed E-state index contributed by atoms with van der Waals surface area (Å²) in [6.45, 7) is 0.535. The highest BCUT2D eigenvalue weighted by Gasteiger charge is 2.08. The molecule has 3 N–H and O–H groups in total. The smallest absolute Gasteiger partial charge is 0.137 e. The van der Waals surface area contributed by atoms with Crippen LogP contribution in [-0.2, 0) is 0 Å². The molecular weight excluding hydrogens is 228 g/mol. The predicted octanol–water partition coefficient (Wildman–Crippen LogP) is 1.10. The number of aliphatic hydroxyl groups excluding tert-OH is 1. The number of aliphatic hydroxyl groups is 1. The molecule has 0 aliphatic heterocycles. The fourth-order valence-electron chi connectivity index (χ4n) is 1.41. The number of nitrogens with two attached hydrogens (primary N) is 1. The summed E-state index contributed by atoms with van der Waals surface area (Å²) in [6.07, 6.45) is 0. The minimum absolute atomic E-state index is 0.0335. The molecule has 0 aromatic heterocycles. The normalized spacial score (nSPS) is 12.3. The van der Waals surface area contributed by atoms with Gasteiger partial charge in [-0.1, -0.05) is 11.6 Å². The fraction of sp³-hybridized carbons (Fsp3) is 0.455. The molecule has 0 radical (unpaired) electrons. The van der Waals surface area contributed by atoms with Crippen LogP contribution in [0.15, 0.2) is 18.2 Å². The van der Waals surface area contributed by atoms with E-state index in [-0.39, 0.29) is 12.6 Å². The second kappa shape index (κ2) is 5.94. The van der Waals surface area contributed by atoms with Crippen LogP contribution in [0.3, 0.4) is 0 Å². The molecule has 0 fully saturated rings. The number of likely N-dealkylation sites (N-methyl/N-ethyl adjacent to an activating group) is 1. The van der Waals surface area contributed by atoms with Crippen molar-refractivity contribution in [3.8, 4) is 5.75 Å². The highest BCUT2D eigenvalue weighted by atomic mass is 35.5. The highest BCUT2D eigenvalue weighted by Crippen LogP contribution is 2.28. The van der Waals surface area contributed by atoms with E-state index >= 15 is 0 Å². The summed E-state index contributed by atoms with van der Waals surface area (Å²) in [5.74, 6) is 0.644. The minimum atomic E-state index is -0.258. The van der Waals surface area contributed by atoms with Crippen LogP contribution in [-0.4, -0.2) is 38.5 Å². The molecule has 1 aromatic rings. The Kier molecular flexibility index (Phi) is 4.86. The van der Waals surface area contributed by atoms with Crippen molar-refractivity contribution in [1.29, 1.82) is 0 Å². The van der Waals surface area contributed by atoms with Gasteiger partial charge in [0.05, 0.1) is 18.7 Å². The quantitative estimate of drug-likeness (QED) is 0.815. The van der Waals surface area contributed by atoms with Gasteiger partial charge in [-0.3, -0.25) is 0 Å². The third-order valence-electron chi connectivity index (χ3n) is 2.32. The van der Waals surface area contributed by atoms with Gasteiger partial charge in [-0.25, -0.2) is 0 Å². The zero-order valence-electron chi connectivity index (χ0n) is 9.48. The molecule has 1 rings (SSSR count). The van der Waals surface area contributed by atoms with Crippen LogP contribution in [0, 0.1) is 0 Å². The minimum Gasteiger partial charge on any atom is -0.495 e. The lowest BCUT2D eigenvalue weighted by Crippen LogP contribution is -2.37. The Morgan fingerprint density at radius 2 is 2.25 bits per heavy atom. The van der Waals surface area contributed by atoms with Gasteiger partial charge >= 0.3 is 0 Å². The maximum atomic E-state index is 8.87. The van der Waals surface area contributed by atoms with Crippen LogP contribution in [0.1, 0.15) is 0 Å². The van der Waals surface area contributed by atoms with E-state index in [0.717, 1.165) is 5.69 Å². The molecule has 0 spiro atoms. The summed E-state index contributed by atoms with van der Waals surface area (Å²) in [4.78, 5) is 1.94. The fourth-order valence-corrected chi connectivity index (χ4v) is 1.66. The van der Waals surface area contributed by atoms with Crippen molar-refractivity contribution in [2.24, 2.45) is 5.73 Å². The standard InChI is InChI=1S/C11H17ClN2O2/c1-14(6-8(13)7-15)9-3-4-11(16-2)10(12)5-9/h3-5,8,15H,6-7,13H2,1-2H3. The lowest BCUT2D eigenvalue weighted by atomic mass is 10.2. The van der Waals surface area contributed by atoms with Crippen molar-refractivity contribution in [1.82, 2.24) is 0 Å². The molecule has 90 valence electrons. The Labute approximate surface area is 101 Å². The molecule has 4 nitrogen and oxygen atoms in total. The van der Waals surface area contributed by atoms with Gasteiger partial charge in [0.1, 0.15) is 5.75 Å². The van der Waals surface area contributed by atoms with E-state index in [0.29, 0.717) is 17.3 Å². The van der Waals surface area contributed by atoms with E-state index in [1.807, 2.05) is 24.1 Å². The summed E-state index contributed by atoms with van der Waals surface area (Å²) < 4.78 is 5.07. The van der Waals surface area contributed by atoms with Crippen LogP contribution >= 0.6 is 11.6 Å². The average Bonchev–Trinajstić information content (AvgIpc) is 2.28. The first-order chi connectivity index (χ1) is 7.58. The van der Waals surface area contributed by atoms with Gasteiger partial charge in [0, 0.05) is 25.3 Å². The zero-order valence-corrected chi connectivity index (χ0v) is 10.2. The molecule has 0 aliphatic rings. The van der Waals surface area contributed by atoms with Crippen molar-refractivity contribution >= 4 is 17.3 Å². The molecule has 0 bridgehead atoms. The first-order valence-electron chi connectivity index (χ1n) is 4.99. The van der Waals surface area contributed by atoms with Crippen molar-refractivity contribution < 1.29 is 9.84 Å². The van der Waals surface area contributed by atoms with E-state index in [1.54, 1.807) is 13.2 Å². The van der Waals surface area contributed by atoms with E-state index < -0.39 is 0 Å². The largest absolute Gasteiger partial charge is 0.495 e. The molecule has 0 aliphatic carbocycles. The van der Waals surface area contributed by atoms with Crippen molar-refractivity contribution in [3.63, 3.8) is 0 Å². The molecule has 1 atom stereocenters. The number of halogens is 1. The Morgan fingerprint density at radius 1 is 1.56 bits per heavy atom. The van der Waals surface area contributed by atoms with Gasteiger partial charge in [-0.2, -0.15) is 0 Å². The summed E-state index contributed by atoms with van der Waals surface area (Å²) in [7, 11) is 3.47. The zero-order chi connectivity index (χ0) is 12.1. The van der Waals surface area contributed by atoms with Crippen molar-refractivity contribution in [3.05, 3.63) is 23.2 Å². The van der Waals surface area contributed by atoms with Crippen molar-refractivity contribution in [2.45, 2.75) is 6.04 Å². The maximum Gasteiger partial charge on any atom is 0.137 e. The van der Waals surface area contributed by atoms with E-state index in [9.17, 15) is 0 Å². The lowest BCUT2D eigenvalue weighted by molar-refractivity contribution is 0.267. The third-order valence-corrected chi connectivity index (χ3v) is 2.61. The molecular formula is C11H17ClN2O2. The monoisotopic (exact) mass is 244 g/mol. The molecule has 0 saturated carbocycles. The summed E-state index contributed by atoms with van der Waals surface area (Å²) in [5.41, 5.74) is 6.60. The number of nitrogens with zero attached hydrogens (tertiary/aromatic N) is 1. The maximum absolute atomic E-state index is 8.87. The van der Waals surface area contributed by atoms with Gasteiger partial charge in [0.2, 0.25) is 0 Å². The number of methoxy groups -OCH3 is 1. The number of benzene rings is 1. The number of rotatable bonds is 5. The first-order valence-corrected chi connectivity index (χ1v) is 5.37. The van der Waals surface area contributed by atoms with Gasteiger partial charge < -0.3 is 20.5 Å². The SMILES string of the molecule is COc1ccc(N(C)CC(N)CO)cc1Cl. The number of hydrogen-bond donors (Lipinski definition) is 2. The van der Waals surface area contributed by atoms with E-state index in [1.165, 1.54) is 0 Å². The third kappa shape index (κ3) is 3.27. The predicted molar refractivity (Wildman–Crippen MR) is 66.3 cm³/mol. The van der Waals surface area contributed by atoms with Crippen LogP contribution in [0.4, 0.5) is 5.69 Å². The lowest BCUT2D eigenvalue weighted by Gasteiger charge is -2.22. The van der Waals surface area contributed by atoms with Gasteiger partial charge in [0.15, 0.2) is 0 Å². The average molecular weight is 245 g/mol. The van der Waals surface area contributed by atoms with Crippen LogP contribution in [0.2, 0.25) is 5.02 Å². The molecule has 0 saturated heterocycles. The van der Waals surface area contributed by atoms with Crippen LogP contribution < -0.4 is 15.4 Å². The Bertz CT molecular complexity index is 347. The Morgan fingerprint density at radius 3 is 2.75 bits per heavy atom. The number of hydrogen-bond acceptors (Lipinski definition) is 4. The molecule has 5 heteroatoms. The second-order valence-electron chi connectivity index (χ2n) is 3.64. The molecule has 1 unspecified atom stereocenters.